The topological polar surface area (TPSA) is 68.8 Å². The highest BCUT2D eigenvalue weighted by molar-refractivity contribution is 14.0. The first-order chi connectivity index (χ1) is 14.2. The van der Waals surface area contributed by atoms with Crippen LogP contribution >= 0.6 is 24.0 Å². The molecule has 3 N–H and O–H groups in total. The van der Waals surface area contributed by atoms with Crippen molar-refractivity contribution in [1.82, 2.24) is 20.9 Å². The van der Waals surface area contributed by atoms with Crippen LogP contribution in [0.1, 0.15) is 67.8 Å². The van der Waals surface area contributed by atoms with Gasteiger partial charge in [-0.1, -0.05) is 38.3 Å². The second-order valence-corrected chi connectivity index (χ2v) is 7.77. The molecule has 0 aliphatic carbocycles. The SMILES string of the molecule is CCCCNC(=O)c1ccc(CNC(=NC)NCCCN2CCCCCC2)cc1.I. The first-order valence-electron chi connectivity index (χ1n) is 11.3. The van der Waals surface area contributed by atoms with E-state index in [9.17, 15) is 4.79 Å². The highest BCUT2D eigenvalue weighted by Crippen LogP contribution is 2.09. The van der Waals surface area contributed by atoms with Crippen LogP contribution in [0.5, 0.6) is 0 Å². The van der Waals surface area contributed by atoms with Gasteiger partial charge in [0.2, 0.25) is 0 Å². The van der Waals surface area contributed by atoms with E-state index in [4.69, 9.17) is 0 Å². The number of guanidine groups is 1. The summed E-state index contributed by atoms with van der Waals surface area (Å²) in [5.74, 6) is 0.821. The molecule has 1 saturated heterocycles. The number of hydrogen-bond donors (Lipinski definition) is 3. The predicted molar refractivity (Wildman–Crippen MR) is 137 cm³/mol. The molecule has 6 nitrogen and oxygen atoms in total. The maximum absolute atomic E-state index is 12.1. The maximum atomic E-state index is 12.1. The Kier molecular flexibility index (Phi) is 14.5. The lowest BCUT2D eigenvalue weighted by Gasteiger charge is -2.20. The molecule has 1 aliphatic rings. The summed E-state index contributed by atoms with van der Waals surface area (Å²) in [7, 11) is 1.80. The Balaban J connectivity index is 0.00000450. The van der Waals surface area contributed by atoms with E-state index in [0.717, 1.165) is 50.4 Å². The fourth-order valence-corrected chi connectivity index (χ4v) is 3.53. The van der Waals surface area contributed by atoms with Crippen LogP contribution in [0.25, 0.3) is 0 Å². The van der Waals surface area contributed by atoms with Gasteiger partial charge in [0.25, 0.3) is 5.91 Å². The standard InChI is InChI=1S/C23H39N5O.HI/c1-3-4-14-25-22(29)21-12-10-20(11-13-21)19-27-23(24-2)26-15-9-18-28-16-7-5-6-8-17-28;/h10-13H,3-9,14-19H2,1-2H3,(H,25,29)(H2,24,26,27);1H. The average molecular weight is 530 g/mol. The van der Waals surface area contributed by atoms with Crippen LogP contribution in [0.3, 0.4) is 0 Å². The van der Waals surface area contributed by atoms with Crippen LogP contribution < -0.4 is 16.0 Å². The number of nitrogens with zero attached hydrogens (tertiary/aromatic N) is 2. The fraction of sp³-hybridized carbons (Fsp3) is 0.652. The molecule has 0 bridgehead atoms. The number of unbranched alkanes of at least 4 members (excludes halogenated alkanes) is 1. The number of carbonyl (C=O) groups excluding carboxylic acids is 1. The highest BCUT2D eigenvalue weighted by atomic mass is 127. The molecule has 1 heterocycles. The van der Waals surface area contributed by atoms with Crippen molar-refractivity contribution in [3.63, 3.8) is 0 Å². The van der Waals surface area contributed by atoms with Crippen molar-refractivity contribution in [3.05, 3.63) is 35.4 Å². The van der Waals surface area contributed by atoms with E-state index in [0.29, 0.717) is 12.1 Å². The number of halogens is 1. The van der Waals surface area contributed by atoms with Gasteiger partial charge in [-0.15, -0.1) is 24.0 Å². The molecule has 2 rings (SSSR count). The monoisotopic (exact) mass is 529 g/mol. The largest absolute Gasteiger partial charge is 0.356 e. The minimum Gasteiger partial charge on any atom is -0.356 e. The Bertz CT molecular complexity index is 613. The second-order valence-electron chi connectivity index (χ2n) is 7.77. The van der Waals surface area contributed by atoms with E-state index in [1.807, 2.05) is 24.3 Å². The van der Waals surface area contributed by atoms with Gasteiger partial charge in [-0.3, -0.25) is 9.79 Å². The van der Waals surface area contributed by atoms with Gasteiger partial charge in [0.1, 0.15) is 0 Å². The molecular weight excluding hydrogens is 489 g/mol. The number of amides is 1. The lowest BCUT2D eigenvalue weighted by atomic mass is 10.1. The number of benzene rings is 1. The van der Waals surface area contributed by atoms with E-state index < -0.39 is 0 Å². The quantitative estimate of drug-likeness (QED) is 0.187. The van der Waals surface area contributed by atoms with Crippen LogP contribution in [-0.4, -0.2) is 56.5 Å². The Labute approximate surface area is 199 Å². The van der Waals surface area contributed by atoms with Crippen molar-refractivity contribution >= 4 is 35.8 Å². The van der Waals surface area contributed by atoms with Crippen molar-refractivity contribution in [1.29, 1.82) is 0 Å². The summed E-state index contributed by atoms with van der Waals surface area (Å²) in [6.07, 6.45) is 8.68. The van der Waals surface area contributed by atoms with Gasteiger partial charge in [0, 0.05) is 32.2 Å². The van der Waals surface area contributed by atoms with Gasteiger partial charge in [-0.25, -0.2) is 0 Å². The molecule has 1 aliphatic heterocycles. The second kappa shape index (κ2) is 16.4. The first-order valence-corrected chi connectivity index (χ1v) is 11.3. The molecule has 1 fully saturated rings. The van der Waals surface area contributed by atoms with Crippen molar-refractivity contribution in [2.45, 2.75) is 58.4 Å². The summed E-state index contributed by atoms with van der Waals surface area (Å²) < 4.78 is 0. The highest BCUT2D eigenvalue weighted by Gasteiger charge is 2.08. The first kappa shape index (κ1) is 26.7. The van der Waals surface area contributed by atoms with E-state index in [2.05, 4.69) is 32.8 Å². The van der Waals surface area contributed by atoms with Crippen molar-refractivity contribution < 1.29 is 4.79 Å². The number of aliphatic imine (C=N–C) groups is 1. The summed E-state index contributed by atoms with van der Waals surface area (Å²) in [5.41, 5.74) is 1.84. The van der Waals surface area contributed by atoms with Crippen LogP contribution in [0.15, 0.2) is 29.3 Å². The van der Waals surface area contributed by atoms with Crippen LogP contribution in [0, 0.1) is 0 Å². The predicted octanol–water partition coefficient (Wildman–Crippen LogP) is 3.77. The summed E-state index contributed by atoms with van der Waals surface area (Å²) in [6.45, 7) is 8.12. The van der Waals surface area contributed by atoms with Crippen LogP contribution in [0.2, 0.25) is 0 Å². The number of carbonyl (C=O) groups is 1. The Morgan fingerprint density at radius 3 is 2.27 bits per heavy atom. The molecule has 1 amide bonds. The van der Waals surface area contributed by atoms with Crippen molar-refractivity contribution in [2.75, 3.05) is 39.8 Å². The van der Waals surface area contributed by atoms with Crippen LogP contribution in [-0.2, 0) is 6.54 Å². The molecule has 0 aromatic heterocycles. The van der Waals surface area contributed by atoms with Gasteiger partial charge in [0.15, 0.2) is 5.96 Å². The Morgan fingerprint density at radius 2 is 1.63 bits per heavy atom. The number of hydrogen-bond acceptors (Lipinski definition) is 3. The Hall–Kier alpha value is -1.35. The average Bonchev–Trinajstić information content (AvgIpc) is 3.02. The molecular formula is C23H40IN5O. The lowest BCUT2D eigenvalue weighted by molar-refractivity contribution is 0.0953. The zero-order chi connectivity index (χ0) is 20.7. The summed E-state index contributed by atoms with van der Waals surface area (Å²) in [4.78, 5) is 19.0. The molecule has 0 unspecified atom stereocenters. The third-order valence-electron chi connectivity index (χ3n) is 5.36. The molecule has 30 heavy (non-hydrogen) atoms. The molecule has 0 spiro atoms. The minimum atomic E-state index is -0.000144. The molecule has 170 valence electrons. The molecule has 0 radical (unpaired) electrons. The summed E-state index contributed by atoms with van der Waals surface area (Å²) >= 11 is 0. The van der Waals surface area contributed by atoms with Crippen molar-refractivity contribution in [3.8, 4) is 0 Å². The van der Waals surface area contributed by atoms with Gasteiger partial charge < -0.3 is 20.9 Å². The lowest BCUT2D eigenvalue weighted by Crippen LogP contribution is -2.38. The molecule has 0 saturated carbocycles. The zero-order valence-corrected chi connectivity index (χ0v) is 21.0. The smallest absolute Gasteiger partial charge is 0.251 e. The molecule has 1 aromatic carbocycles. The third kappa shape index (κ3) is 10.6. The van der Waals surface area contributed by atoms with Crippen LogP contribution in [0.4, 0.5) is 0 Å². The Morgan fingerprint density at radius 1 is 0.967 bits per heavy atom. The summed E-state index contributed by atoms with van der Waals surface area (Å²) in [5, 5.41) is 9.70. The van der Waals surface area contributed by atoms with E-state index in [-0.39, 0.29) is 29.9 Å². The maximum Gasteiger partial charge on any atom is 0.251 e. The van der Waals surface area contributed by atoms with Gasteiger partial charge >= 0.3 is 0 Å². The van der Waals surface area contributed by atoms with Gasteiger partial charge in [0.05, 0.1) is 0 Å². The number of nitrogens with one attached hydrogen (secondary N) is 3. The van der Waals surface area contributed by atoms with E-state index in [1.165, 1.54) is 38.8 Å². The molecule has 7 heteroatoms. The van der Waals surface area contributed by atoms with Gasteiger partial charge in [-0.05, 0) is 63.0 Å². The molecule has 0 atom stereocenters. The normalized spacial score (nSPS) is 15.1. The minimum absolute atomic E-state index is 0. The molecule has 1 aromatic rings. The third-order valence-corrected chi connectivity index (χ3v) is 5.36. The number of likely N-dealkylation sites (tertiary alicyclic amines) is 1. The van der Waals surface area contributed by atoms with E-state index in [1.54, 1.807) is 7.05 Å². The number of rotatable bonds is 10. The fourth-order valence-electron chi connectivity index (χ4n) is 3.53. The van der Waals surface area contributed by atoms with E-state index >= 15 is 0 Å². The summed E-state index contributed by atoms with van der Waals surface area (Å²) in [6, 6.07) is 7.76. The zero-order valence-electron chi connectivity index (χ0n) is 18.7. The van der Waals surface area contributed by atoms with Gasteiger partial charge in [-0.2, -0.15) is 0 Å². The van der Waals surface area contributed by atoms with Crippen molar-refractivity contribution in [2.24, 2.45) is 4.99 Å².